The lowest BCUT2D eigenvalue weighted by Crippen LogP contribution is -2.40. The molecule has 4 aromatic rings. The number of fused-ring (bicyclic) bond motifs is 3. The summed E-state index contributed by atoms with van der Waals surface area (Å²) in [6.45, 7) is 0. The molecule has 0 radical (unpaired) electrons. The molecule has 6 heteroatoms. The van der Waals surface area contributed by atoms with Crippen LogP contribution in [-0.2, 0) is 4.79 Å². The van der Waals surface area contributed by atoms with E-state index in [1.807, 2.05) is 22.9 Å². The lowest BCUT2D eigenvalue weighted by Gasteiger charge is -2.38. The van der Waals surface area contributed by atoms with Crippen molar-refractivity contribution in [2.24, 2.45) is 5.92 Å². The number of nitrogens with one attached hydrogen (secondary N) is 1. The molecule has 0 amide bonds. The fourth-order valence-corrected chi connectivity index (χ4v) is 5.48. The number of Topliss-reactive ketones (excluding diaryl/α,β-unsaturated/α-hetero) is 1. The molecule has 3 atom stereocenters. The van der Waals surface area contributed by atoms with Gasteiger partial charge in [0.2, 0.25) is 5.95 Å². The molecule has 1 aliphatic heterocycles. The van der Waals surface area contributed by atoms with Crippen LogP contribution in [-0.4, -0.2) is 20.5 Å². The number of aromatic nitrogens is 3. The lowest BCUT2D eigenvalue weighted by atomic mass is 9.76. The zero-order valence-electron chi connectivity index (χ0n) is 15.5. The summed E-state index contributed by atoms with van der Waals surface area (Å²) >= 11 is 1.70. The van der Waals surface area contributed by atoms with Crippen LogP contribution in [0.4, 0.5) is 5.95 Å². The summed E-state index contributed by atoms with van der Waals surface area (Å²) in [6, 6.07) is 18.5. The Hall–Kier alpha value is -3.25. The smallest absolute Gasteiger partial charge is 0.226 e. The minimum Gasteiger partial charge on any atom is -0.328 e. The molecule has 142 valence electrons. The Kier molecular flexibility index (Phi) is 3.67. The zero-order valence-corrected chi connectivity index (χ0v) is 16.3. The number of thiophene rings is 1. The van der Waals surface area contributed by atoms with Crippen LogP contribution in [0.15, 0.2) is 78.1 Å². The number of hydrogen-bond donors (Lipinski definition) is 1. The van der Waals surface area contributed by atoms with E-state index in [1.165, 1.54) is 4.88 Å². The fourth-order valence-electron chi connectivity index (χ4n) is 4.68. The molecule has 3 heterocycles. The number of nitrogens with zero attached hydrogens (tertiary/aromatic N) is 3. The van der Waals surface area contributed by atoms with Gasteiger partial charge in [-0.15, -0.1) is 11.3 Å². The molecule has 2 aliphatic rings. The van der Waals surface area contributed by atoms with Gasteiger partial charge in [-0.05, 0) is 27.8 Å². The first-order chi connectivity index (χ1) is 14.3. The predicted octanol–water partition coefficient (Wildman–Crippen LogP) is 4.76. The maximum absolute atomic E-state index is 13.4. The lowest BCUT2D eigenvalue weighted by molar-refractivity contribution is -0.123. The Balaban J connectivity index is 1.55. The predicted molar refractivity (Wildman–Crippen MR) is 114 cm³/mol. The van der Waals surface area contributed by atoms with Gasteiger partial charge in [0, 0.05) is 22.9 Å². The van der Waals surface area contributed by atoms with Gasteiger partial charge in [-0.1, -0.05) is 54.6 Å². The van der Waals surface area contributed by atoms with Crippen LogP contribution in [0.3, 0.4) is 0 Å². The zero-order chi connectivity index (χ0) is 19.4. The van der Waals surface area contributed by atoms with Gasteiger partial charge >= 0.3 is 0 Å². The van der Waals surface area contributed by atoms with Crippen LogP contribution in [0.2, 0.25) is 0 Å². The van der Waals surface area contributed by atoms with Crippen LogP contribution < -0.4 is 5.32 Å². The van der Waals surface area contributed by atoms with Crippen LogP contribution in [0, 0.1) is 5.92 Å². The van der Waals surface area contributed by atoms with Crippen molar-refractivity contribution in [3.8, 4) is 0 Å². The van der Waals surface area contributed by atoms with Crippen LogP contribution in [0.5, 0.6) is 0 Å². The third-order valence-corrected chi connectivity index (χ3v) is 6.95. The highest BCUT2D eigenvalue weighted by molar-refractivity contribution is 7.10. The molecule has 0 saturated carbocycles. The molecule has 2 aromatic carbocycles. The normalized spacial score (nSPS) is 23.2. The fraction of sp³-hybridized carbons (Fsp3) is 0.174. The van der Waals surface area contributed by atoms with Crippen molar-refractivity contribution in [2.45, 2.75) is 18.4 Å². The van der Waals surface area contributed by atoms with Crippen molar-refractivity contribution in [2.75, 3.05) is 5.32 Å². The van der Waals surface area contributed by atoms with Crippen molar-refractivity contribution >= 4 is 33.8 Å². The second-order valence-corrected chi connectivity index (χ2v) is 8.54. The van der Waals surface area contributed by atoms with Gasteiger partial charge < -0.3 is 5.32 Å². The summed E-state index contributed by atoms with van der Waals surface area (Å²) < 4.78 is 1.87. The average Bonchev–Trinajstić information content (AvgIpc) is 3.44. The maximum atomic E-state index is 13.4. The third kappa shape index (κ3) is 2.56. The number of carbonyl (C=O) groups excluding carboxylic acids is 1. The maximum Gasteiger partial charge on any atom is 0.226 e. The molecule has 0 saturated heterocycles. The van der Waals surface area contributed by atoms with E-state index in [4.69, 9.17) is 0 Å². The Morgan fingerprint density at radius 1 is 1.07 bits per heavy atom. The molecule has 1 aliphatic carbocycles. The Morgan fingerprint density at radius 3 is 2.86 bits per heavy atom. The van der Waals surface area contributed by atoms with Gasteiger partial charge in [-0.3, -0.25) is 4.79 Å². The molecule has 0 bridgehead atoms. The highest BCUT2D eigenvalue weighted by atomic mass is 32.1. The Bertz CT molecular complexity index is 1250. The molecule has 0 spiro atoms. The SMILES string of the molecule is O=C1C[C@H](c2cccs2)C=C2Nc3ncnn3[C@@H](c3cccc4ccccc34)[C@H]12. The molecule has 5 nitrogen and oxygen atoms in total. The Morgan fingerprint density at radius 2 is 1.97 bits per heavy atom. The largest absolute Gasteiger partial charge is 0.328 e. The van der Waals surface area contributed by atoms with Gasteiger partial charge in [0.15, 0.2) is 0 Å². The van der Waals surface area contributed by atoms with E-state index < -0.39 is 0 Å². The van der Waals surface area contributed by atoms with Gasteiger partial charge in [0.1, 0.15) is 12.1 Å². The van der Waals surface area contributed by atoms with Crippen molar-refractivity contribution in [1.82, 2.24) is 14.8 Å². The van der Waals surface area contributed by atoms with E-state index in [0.29, 0.717) is 12.4 Å². The number of benzene rings is 2. The first-order valence-electron chi connectivity index (χ1n) is 9.71. The number of allylic oxidation sites excluding steroid dienone is 2. The summed E-state index contributed by atoms with van der Waals surface area (Å²) in [7, 11) is 0. The van der Waals surface area contributed by atoms with Crippen LogP contribution in [0.1, 0.15) is 28.8 Å². The monoisotopic (exact) mass is 398 g/mol. The molecule has 2 aromatic heterocycles. The summed E-state index contributed by atoms with van der Waals surface area (Å²) in [6.07, 6.45) is 4.29. The summed E-state index contributed by atoms with van der Waals surface area (Å²) in [5.74, 6) is 0.757. The Labute approximate surface area is 171 Å². The molecule has 0 fully saturated rings. The van der Waals surface area contributed by atoms with E-state index >= 15 is 0 Å². The van der Waals surface area contributed by atoms with E-state index in [0.717, 1.165) is 22.0 Å². The number of ketones is 1. The average molecular weight is 398 g/mol. The second kappa shape index (κ2) is 6.39. The number of rotatable bonds is 2. The van der Waals surface area contributed by atoms with Gasteiger partial charge in [-0.25, -0.2) is 4.68 Å². The van der Waals surface area contributed by atoms with E-state index in [-0.39, 0.29) is 23.7 Å². The van der Waals surface area contributed by atoms with Crippen LogP contribution >= 0.6 is 11.3 Å². The van der Waals surface area contributed by atoms with Gasteiger partial charge in [-0.2, -0.15) is 10.1 Å². The minimum atomic E-state index is -0.286. The highest BCUT2D eigenvalue weighted by Crippen LogP contribution is 2.45. The van der Waals surface area contributed by atoms with Crippen LogP contribution in [0.25, 0.3) is 10.8 Å². The topological polar surface area (TPSA) is 59.8 Å². The molecule has 29 heavy (non-hydrogen) atoms. The molecular weight excluding hydrogens is 380 g/mol. The number of anilines is 1. The van der Waals surface area contributed by atoms with Crippen molar-refractivity contribution < 1.29 is 4.79 Å². The first-order valence-corrected chi connectivity index (χ1v) is 10.6. The van der Waals surface area contributed by atoms with Gasteiger partial charge in [0.25, 0.3) is 0 Å². The molecule has 0 unspecified atom stereocenters. The van der Waals surface area contributed by atoms with E-state index in [2.05, 4.69) is 63.3 Å². The van der Waals surface area contributed by atoms with Crippen molar-refractivity contribution in [3.63, 3.8) is 0 Å². The summed E-state index contributed by atoms with van der Waals surface area (Å²) in [5.41, 5.74) is 2.05. The molecule has 6 rings (SSSR count). The van der Waals surface area contributed by atoms with E-state index in [9.17, 15) is 4.79 Å². The summed E-state index contributed by atoms with van der Waals surface area (Å²) in [4.78, 5) is 19.1. The second-order valence-electron chi connectivity index (χ2n) is 7.56. The van der Waals surface area contributed by atoms with Crippen molar-refractivity contribution in [1.29, 1.82) is 0 Å². The van der Waals surface area contributed by atoms with E-state index in [1.54, 1.807) is 17.7 Å². The third-order valence-electron chi connectivity index (χ3n) is 5.94. The number of carbonyl (C=O) groups is 1. The standard InChI is InChI=1S/C23H18N4OS/c28-19-12-15(20-9-4-10-29-20)11-18-21(19)22(27-23(26-18)24-13-25-27)17-8-3-6-14-5-1-2-7-16(14)17/h1-11,13,15,21-22H,12H2,(H,24,25,26)/t15-,21+,22+/m1/s1. The first kappa shape index (κ1) is 16.7. The number of hydrogen-bond acceptors (Lipinski definition) is 5. The summed E-state index contributed by atoms with van der Waals surface area (Å²) in [5, 5.41) is 12.2. The highest BCUT2D eigenvalue weighted by Gasteiger charge is 2.43. The molecule has 1 N–H and O–H groups in total. The minimum absolute atomic E-state index is 0.115. The van der Waals surface area contributed by atoms with Crippen molar-refractivity contribution in [3.05, 3.63) is 88.5 Å². The quantitative estimate of drug-likeness (QED) is 0.529. The van der Waals surface area contributed by atoms with Gasteiger partial charge in [0.05, 0.1) is 12.0 Å². The molecular formula is C23H18N4OS.